The average molecular weight is 348 g/mol. The van der Waals surface area contributed by atoms with E-state index in [-0.39, 0.29) is 28.6 Å². The van der Waals surface area contributed by atoms with Crippen LogP contribution in [0.3, 0.4) is 0 Å². The Bertz CT molecular complexity index is 647. The zero-order valence-corrected chi connectivity index (χ0v) is 14.0. The van der Waals surface area contributed by atoms with Crippen molar-refractivity contribution >= 4 is 23.6 Å². The molecule has 2 N–H and O–H groups in total. The van der Waals surface area contributed by atoms with Gasteiger partial charge in [0, 0.05) is 13.2 Å². The number of amides is 1. The van der Waals surface area contributed by atoms with Crippen molar-refractivity contribution in [2.45, 2.75) is 41.7 Å². The van der Waals surface area contributed by atoms with Crippen molar-refractivity contribution in [3.05, 3.63) is 35.9 Å². The second-order valence-corrected chi connectivity index (χ2v) is 7.98. The van der Waals surface area contributed by atoms with Crippen molar-refractivity contribution in [1.29, 1.82) is 0 Å². The van der Waals surface area contributed by atoms with Gasteiger partial charge >= 0.3 is 5.97 Å². The van der Waals surface area contributed by atoms with Crippen molar-refractivity contribution in [2.24, 2.45) is 5.73 Å². The van der Waals surface area contributed by atoms with E-state index in [4.69, 9.17) is 15.2 Å². The van der Waals surface area contributed by atoms with E-state index < -0.39 is 12.1 Å². The number of carbonyl (C=O) groups excluding carboxylic acids is 2. The number of rotatable bonds is 3. The van der Waals surface area contributed by atoms with Gasteiger partial charge in [-0.1, -0.05) is 30.3 Å². The molecule has 3 aliphatic rings. The number of nitrogens with two attached hydrogens (primary N) is 1. The van der Waals surface area contributed by atoms with E-state index in [1.807, 2.05) is 30.3 Å². The van der Waals surface area contributed by atoms with Crippen LogP contribution in [0.25, 0.3) is 0 Å². The molecule has 3 atom stereocenters. The summed E-state index contributed by atoms with van der Waals surface area (Å²) in [6, 6.07) is 8.48. The molecule has 2 unspecified atom stereocenters. The molecule has 3 saturated heterocycles. The summed E-state index contributed by atoms with van der Waals surface area (Å²) < 4.78 is 10.7. The summed E-state index contributed by atoms with van der Waals surface area (Å²) in [7, 11) is 0. The van der Waals surface area contributed by atoms with Crippen LogP contribution in [0.4, 0.5) is 0 Å². The van der Waals surface area contributed by atoms with Crippen molar-refractivity contribution in [1.82, 2.24) is 4.90 Å². The molecule has 6 nitrogen and oxygen atoms in total. The Hall–Kier alpha value is -1.57. The molecule has 1 amide bonds. The summed E-state index contributed by atoms with van der Waals surface area (Å²) in [5.41, 5.74) is 6.86. The molecule has 3 fully saturated rings. The summed E-state index contributed by atoms with van der Waals surface area (Å²) in [4.78, 5) is 26.7. The minimum absolute atomic E-state index is 0.120. The van der Waals surface area contributed by atoms with Crippen molar-refractivity contribution in [3.63, 3.8) is 0 Å². The van der Waals surface area contributed by atoms with Gasteiger partial charge in [-0.25, -0.2) is 4.79 Å². The summed E-state index contributed by atoms with van der Waals surface area (Å²) in [6.45, 7) is 1.41. The monoisotopic (exact) mass is 348 g/mol. The van der Waals surface area contributed by atoms with Gasteiger partial charge in [0.2, 0.25) is 5.91 Å². The second-order valence-electron chi connectivity index (χ2n) is 6.45. The summed E-state index contributed by atoms with van der Waals surface area (Å²) in [5.74, 6) is -0.492. The van der Waals surface area contributed by atoms with E-state index >= 15 is 0 Å². The van der Waals surface area contributed by atoms with Gasteiger partial charge in [0.05, 0.1) is 4.75 Å². The fraction of sp³-hybridized carbons (Fsp3) is 0.529. The van der Waals surface area contributed by atoms with E-state index in [0.29, 0.717) is 13.2 Å². The van der Waals surface area contributed by atoms with Crippen molar-refractivity contribution < 1.29 is 19.1 Å². The van der Waals surface area contributed by atoms with Gasteiger partial charge < -0.3 is 20.1 Å². The smallest absolute Gasteiger partial charge is 0.330 e. The SMILES string of the molecule is NC1C(=O)N2C(C(=O)OCc3ccccc3)C3(CCOCC3)S[C@H]12. The average Bonchev–Trinajstić information content (AvgIpc) is 2.92. The lowest BCUT2D eigenvalue weighted by molar-refractivity contribution is -0.165. The normalized spacial score (nSPS) is 30.8. The van der Waals surface area contributed by atoms with Crippen LogP contribution < -0.4 is 5.73 Å². The number of fused-ring (bicyclic) bond motifs is 1. The predicted molar refractivity (Wildman–Crippen MR) is 89.0 cm³/mol. The van der Waals surface area contributed by atoms with Crippen LogP contribution in [0, 0.1) is 0 Å². The first kappa shape index (κ1) is 15.9. The third-order valence-electron chi connectivity index (χ3n) is 5.04. The van der Waals surface area contributed by atoms with Crippen LogP contribution in [-0.4, -0.2) is 52.2 Å². The highest BCUT2D eigenvalue weighted by molar-refractivity contribution is 8.01. The van der Waals surface area contributed by atoms with Gasteiger partial charge in [0.15, 0.2) is 0 Å². The Morgan fingerprint density at radius 2 is 2.04 bits per heavy atom. The zero-order valence-electron chi connectivity index (χ0n) is 13.2. The molecule has 0 aromatic heterocycles. The number of thioether (sulfide) groups is 1. The number of carbonyl (C=O) groups is 2. The first-order valence-electron chi connectivity index (χ1n) is 8.16. The highest BCUT2D eigenvalue weighted by Gasteiger charge is 2.66. The maximum Gasteiger partial charge on any atom is 0.330 e. The lowest BCUT2D eigenvalue weighted by Gasteiger charge is -2.42. The van der Waals surface area contributed by atoms with Gasteiger partial charge in [0.1, 0.15) is 24.1 Å². The topological polar surface area (TPSA) is 81.9 Å². The van der Waals surface area contributed by atoms with E-state index in [1.165, 1.54) is 0 Å². The maximum atomic E-state index is 12.8. The third kappa shape index (κ3) is 2.42. The minimum Gasteiger partial charge on any atom is -0.459 e. The fourth-order valence-electron chi connectivity index (χ4n) is 3.72. The van der Waals surface area contributed by atoms with Gasteiger partial charge in [-0.2, -0.15) is 0 Å². The third-order valence-corrected chi connectivity index (χ3v) is 6.90. The number of benzene rings is 1. The van der Waals surface area contributed by atoms with E-state index in [9.17, 15) is 9.59 Å². The largest absolute Gasteiger partial charge is 0.459 e. The van der Waals surface area contributed by atoms with Gasteiger partial charge in [-0.15, -0.1) is 11.8 Å². The van der Waals surface area contributed by atoms with Crippen LogP contribution in [0.1, 0.15) is 18.4 Å². The van der Waals surface area contributed by atoms with E-state index in [0.717, 1.165) is 18.4 Å². The summed E-state index contributed by atoms with van der Waals surface area (Å²) in [5, 5.41) is -0.120. The number of ether oxygens (including phenoxy) is 2. The Morgan fingerprint density at radius 3 is 2.75 bits per heavy atom. The molecule has 0 aliphatic carbocycles. The van der Waals surface area contributed by atoms with E-state index in [2.05, 4.69) is 0 Å². The predicted octanol–water partition coefficient (Wildman–Crippen LogP) is 0.890. The van der Waals surface area contributed by atoms with Crippen LogP contribution in [0.2, 0.25) is 0 Å². The first-order chi connectivity index (χ1) is 11.6. The molecule has 0 saturated carbocycles. The maximum absolute atomic E-state index is 12.8. The Balaban J connectivity index is 1.53. The quantitative estimate of drug-likeness (QED) is 0.645. The van der Waals surface area contributed by atoms with Crippen LogP contribution in [-0.2, 0) is 25.7 Å². The molecule has 7 heteroatoms. The molecule has 3 aliphatic heterocycles. The molecule has 128 valence electrons. The Morgan fingerprint density at radius 1 is 1.33 bits per heavy atom. The molecule has 24 heavy (non-hydrogen) atoms. The zero-order chi connectivity index (χ0) is 16.7. The van der Waals surface area contributed by atoms with Crippen LogP contribution >= 0.6 is 11.8 Å². The van der Waals surface area contributed by atoms with Crippen molar-refractivity contribution in [3.8, 4) is 0 Å². The van der Waals surface area contributed by atoms with Crippen molar-refractivity contribution in [2.75, 3.05) is 13.2 Å². The molecule has 0 radical (unpaired) electrons. The standard InChI is InChI=1S/C17H20N2O4S/c18-12-14(20)19-13(16(21)23-10-11-4-2-1-3-5-11)17(24-15(12)19)6-8-22-9-7-17/h1-5,12-13,15H,6-10,18H2/t12?,13?,15-/m1/s1. The number of β-lactam (4-membered cyclic amide) rings is 1. The number of hydrogen-bond acceptors (Lipinski definition) is 6. The highest BCUT2D eigenvalue weighted by atomic mass is 32.2. The molecule has 3 heterocycles. The van der Waals surface area contributed by atoms with Gasteiger partial charge in [0.25, 0.3) is 0 Å². The Labute approximate surface area is 144 Å². The molecule has 1 aromatic carbocycles. The van der Waals surface area contributed by atoms with Crippen LogP contribution in [0.5, 0.6) is 0 Å². The highest BCUT2D eigenvalue weighted by Crippen LogP contribution is 2.55. The lowest BCUT2D eigenvalue weighted by Crippen LogP contribution is -2.69. The molecule has 0 bridgehead atoms. The van der Waals surface area contributed by atoms with Gasteiger partial charge in [-0.3, -0.25) is 4.79 Å². The summed E-state index contributed by atoms with van der Waals surface area (Å²) in [6.07, 6.45) is 1.46. The number of hydrogen-bond donors (Lipinski definition) is 1. The molecule has 1 aromatic rings. The van der Waals surface area contributed by atoms with E-state index in [1.54, 1.807) is 16.7 Å². The molecular formula is C17H20N2O4S. The first-order valence-corrected chi connectivity index (χ1v) is 9.04. The lowest BCUT2D eigenvalue weighted by atomic mass is 9.87. The minimum atomic E-state index is -0.563. The second kappa shape index (κ2) is 6.06. The fourth-order valence-corrected chi connectivity index (χ4v) is 5.54. The Kier molecular flexibility index (Phi) is 4.02. The number of esters is 1. The summed E-state index contributed by atoms with van der Waals surface area (Å²) >= 11 is 1.65. The van der Waals surface area contributed by atoms with Crippen LogP contribution in [0.15, 0.2) is 30.3 Å². The molecule has 4 rings (SSSR count). The number of nitrogens with zero attached hydrogens (tertiary/aromatic N) is 1. The van der Waals surface area contributed by atoms with Gasteiger partial charge in [-0.05, 0) is 18.4 Å². The molecule has 1 spiro atoms. The molecular weight excluding hydrogens is 328 g/mol.